The lowest BCUT2D eigenvalue weighted by Crippen LogP contribution is -2.10. The highest BCUT2D eigenvalue weighted by molar-refractivity contribution is 5.99. The Labute approximate surface area is 107 Å². The molecule has 2 heteroatoms. The molecule has 1 aliphatic carbocycles. The van der Waals surface area contributed by atoms with E-state index in [1.54, 1.807) is 0 Å². The third-order valence-electron chi connectivity index (χ3n) is 3.86. The van der Waals surface area contributed by atoms with Crippen molar-refractivity contribution in [3.05, 3.63) is 40.1 Å². The van der Waals surface area contributed by atoms with Crippen LogP contribution in [0.5, 0.6) is 0 Å². The SMILES string of the molecule is Cc1cc(C)c2nc3c(c(C=O)c2c1)CCCC3. The fourth-order valence-corrected chi connectivity index (χ4v) is 3.05. The van der Waals surface area contributed by atoms with Crippen molar-refractivity contribution in [3.8, 4) is 0 Å². The van der Waals surface area contributed by atoms with Crippen LogP contribution in [0.25, 0.3) is 10.9 Å². The molecule has 3 rings (SSSR count). The molecule has 0 bridgehead atoms. The second-order valence-electron chi connectivity index (χ2n) is 5.25. The Morgan fingerprint density at radius 1 is 1.17 bits per heavy atom. The lowest BCUT2D eigenvalue weighted by atomic mass is 9.89. The van der Waals surface area contributed by atoms with Crippen LogP contribution in [0.3, 0.4) is 0 Å². The topological polar surface area (TPSA) is 30.0 Å². The average Bonchev–Trinajstić information content (AvgIpc) is 2.36. The molecule has 0 amide bonds. The molecule has 1 aromatic heterocycles. The van der Waals surface area contributed by atoms with Crippen molar-refractivity contribution in [2.24, 2.45) is 0 Å². The van der Waals surface area contributed by atoms with Gasteiger partial charge < -0.3 is 0 Å². The largest absolute Gasteiger partial charge is 0.298 e. The van der Waals surface area contributed by atoms with Gasteiger partial charge in [0.2, 0.25) is 0 Å². The number of carbonyl (C=O) groups excluding carboxylic acids is 1. The number of fused-ring (bicyclic) bond motifs is 2. The molecule has 0 spiro atoms. The van der Waals surface area contributed by atoms with E-state index in [-0.39, 0.29) is 0 Å². The van der Waals surface area contributed by atoms with E-state index in [0.29, 0.717) is 0 Å². The first-order chi connectivity index (χ1) is 8.70. The average molecular weight is 239 g/mol. The lowest BCUT2D eigenvalue weighted by Gasteiger charge is -2.19. The maximum absolute atomic E-state index is 11.5. The molecule has 1 aromatic carbocycles. The summed E-state index contributed by atoms with van der Waals surface area (Å²) >= 11 is 0. The zero-order chi connectivity index (χ0) is 12.7. The zero-order valence-corrected chi connectivity index (χ0v) is 10.9. The zero-order valence-electron chi connectivity index (χ0n) is 10.9. The Morgan fingerprint density at radius 3 is 2.72 bits per heavy atom. The molecule has 92 valence electrons. The molecule has 0 N–H and O–H groups in total. The predicted octanol–water partition coefficient (Wildman–Crippen LogP) is 3.54. The molecule has 18 heavy (non-hydrogen) atoms. The minimum absolute atomic E-state index is 0.876. The van der Waals surface area contributed by atoms with Crippen LogP contribution < -0.4 is 0 Å². The normalized spacial score (nSPS) is 14.6. The molecule has 1 heterocycles. The second-order valence-corrected chi connectivity index (χ2v) is 5.25. The van der Waals surface area contributed by atoms with Crippen LogP contribution in [-0.2, 0) is 12.8 Å². The molecule has 2 nitrogen and oxygen atoms in total. The number of nitrogens with zero attached hydrogens (tertiary/aromatic N) is 1. The van der Waals surface area contributed by atoms with Crippen molar-refractivity contribution in [2.75, 3.05) is 0 Å². The summed E-state index contributed by atoms with van der Waals surface area (Å²) in [6.45, 7) is 4.15. The van der Waals surface area contributed by atoms with E-state index >= 15 is 0 Å². The Kier molecular flexibility index (Phi) is 2.66. The Bertz CT molecular complexity index is 643. The maximum atomic E-state index is 11.5. The van der Waals surface area contributed by atoms with Gasteiger partial charge in [-0.15, -0.1) is 0 Å². The van der Waals surface area contributed by atoms with Crippen molar-refractivity contribution in [1.29, 1.82) is 0 Å². The molecule has 0 atom stereocenters. The second kappa shape index (κ2) is 4.20. The molecule has 0 unspecified atom stereocenters. The summed E-state index contributed by atoms with van der Waals surface area (Å²) in [6.07, 6.45) is 5.40. The van der Waals surface area contributed by atoms with Crippen LogP contribution >= 0.6 is 0 Å². The van der Waals surface area contributed by atoms with Crippen LogP contribution in [0.4, 0.5) is 0 Å². The van der Waals surface area contributed by atoms with Gasteiger partial charge in [-0.3, -0.25) is 9.78 Å². The summed E-state index contributed by atoms with van der Waals surface area (Å²) in [5.74, 6) is 0. The van der Waals surface area contributed by atoms with Gasteiger partial charge in [-0.1, -0.05) is 11.6 Å². The van der Waals surface area contributed by atoms with Crippen molar-refractivity contribution in [1.82, 2.24) is 4.98 Å². The number of aromatic nitrogens is 1. The van der Waals surface area contributed by atoms with Crippen molar-refractivity contribution in [2.45, 2.75) is 39.5 Å². The fraction of sp³-hybridized carbons (Fsp3) is 0.375. The fourth-order valence-electron chi connectivity index (χ4n) is 3.05. The maximum Gasteiger partial charge on any atom is 0.151 e. The smallest absolute Gasteiger partial charge is 0.151 e. The van der Waals surface area contributed by atoms with E-state index < -0.39 is 0 Å². The van der Waals surface area contributed by atoms with E-state index in [0.717, 1.165) is 41.3 Å². The van der Waals surface area contributed by atoms with Gasteiger partial charge in [-0.25, -0.2) is 0 Å². The quantitative estimate of drug-likeness (QED) is 0.712. The molecular formula is C16H17NO. The molecule has 0 saturated heterocycles. The summed E-state index contributed by atoms with van der Waals surface area (Å²) < 4.78 is 0. The third kappa shape index (κ3) is 1.64. The van der Waals surface area contributed by atoms with Crippen LogP contribution in [0.15, 0.2) is 12.1 Å². The monoisotopic (exact) mass is 239 g/mol. The van der Waals surface area contributed by atoms with Gasteiger partial charge in [0.25, 0.3) is 0 Å². The predicted molar refractivity (Wildman–Crippen MR) is 73.2 cm³/mol. The molecular weight excluding hydrogens is 222 g/mol. The number of hydrogen-bond acceptors (Lipinski definition) is 2. The van der Waals surface area contributed by atoms with Gasteiger partial charge in [-0.2, -0.15) is 0 Å². The lowest BCUT2D eigenvalue weighted by molar-refractivity contribution is 0.112. The number of carbonyl (C=O) groups is 1. The highest BCUT2D eigenvalue weighted by Gasteiger charge is 2.18. The number of aryl methyl sites for hydroxylation is 3. The molecule has 0 fully saturated rings. The van der Waals surface area contributed by atoms with Gasteiger partial charge in [0.05, 0.1) is 5.52 Å². The molecule has 2 aromatic rings. The van der Waals surface area contributed by atoms with E-state index in [1.165, 1.54) is 29.5 Å². The van der Waals surface area contributed by atoms with Crippen LogP contribution in [0, 0.1) is 13.8 Å². The first-order valence-electron chi connectivity index (χ1n) is 6.58. The van der Waals surface area contributed by atoms with E-state index in [4.69, 9.17) is 4.98 Å². The number of pyridine rings is 1. The summed E-state index contributed by atoms with van der Waals surface area (Å²) in [7, 11) is 0. The summed E-state index contributed by atoms with van der Waals surface area (Å²) in [4.78, 5) is 16.3. The van der Waals surface area contributed by atoms with E-state index in [1.807, 2.05) is 0 Å². The van der Waals surface area contributed by atoms with Crippen LogP contribution in [-0.4, -0.2) is 11.3 Å². The molecule has 0 aliphatic heterocycles. The number of rotatable bonds is 1. The minimum atomic E-state index is 0.876. The van der Waals surface area contributed by atoms with Crippen LogP contribution in [0.1, 0.15) is 45.6 Å². The highest BCUT2D eigenvalue weighted by atomic mass is 16.1. The van der Waals surface area contributed by atoms with Crippen LogP contribution in [0.2, 0.25) is 0 Å². The van der Waals surface area contributed by atoms with Gasteiger partial charge in [-0.05, 0) is 56.7 Å². The van der Waals surface area contributed by atoms with Gasteiger partial charge in [0.15, 0.2) is 6.29 Å². The number of benzene rings is 1. The third-order valence-corrected chi connectivity index (χ3v) is 3.86. The number of hydrogen-bond donors (Lipinski definition) is 0. The summed E-state index contributed by atoms with van der Waals surface area (Å²) in [5.41, 5.74) is 6.57. The minimum Gasteiger partial charge on any atom is -0.298 e. The highest BCUT2D eigenvalue weighted by Crippen LogP contribution is 2.30. The first-order valence-corrected chi connectivity index (χ1v) is 6.58. The van der Waals surface area contributed by atoms with Gasteiger partial charge in [0, 0.05) is 16.6 Å². The standard InChI is InChI=1S/C16H17NO/c1-10-7-11(2)16-13(8-10)14(9-18)12-5-3-4-6-15(12)17-16/h7-9H,3-6H2,1-2H3. The van der Waals surface area contributed by atoms with E-state index in [2.05, 4.69) is 26.0 Å². The van der Waals surface area contributed by atoms with Gasteiger partial charge in [0.1, 0.15) is 0 Å². The van der Waals surface area contributed by atoms with Crippen molar-refractivity contribution >= 4 is 17.2 Å². The molecule has 1 aliphatic rings. The number of aldehydes is 1. The Hall–Kier alpha value is -1.70. The van der Waals surface area contributed by atoms with E-state index in [9.17, 15) is 4.79 Å². The Morgan fingerprint density at radius 2 is 1.94 bits per heavy atom. The summed E-state index contributed by atoms with van der Waals surface area (Å²) in [6, 6.07) is 4.23. The molecule has 0 radical (unpaired) electrons. The Balaban J connectivity index is 2.44. The van der Waals surface area contributed by atoms with Gasteiger partial charge >= 0.3 is 0 Å². The van der Waals surface area contributed by atoms with Crippen molar-refractivity contribution < 1.29 is 4.79 Å². The van der Waals surface area contributed by atoms with Crippen molar-refractivity contribution in [3.63, 3.8) is 0 Å². The summed E-state index contributed by atoms with van der Waals surface area (Å²) in [5, 5.41) is 1.03. The first kappa shape index (κ1) is 11.4. The molecule has 0 saturated carbocycles.